The molecule has 0 unspecified atom stereocenters. The van der Waals surface area contributed by atoms with Crippen LogP contribution in [0.15, 0.2) is 0 Å². The lowest BCUT2D eigenvalue weighted by molar-refractivity contribution is -0.142. The predicted octanol–water partition coefficient (Wildman–Crippen LogP) is -0.891. The Morgan fingerprint density at radius 2 is 2.36 bits per heavy atom. The van der Waals surface area contributed by atoms with Crippen molar-refractivity contribution in [3.8, 4) is 0 Å². The molecule has 11 heavy (non-hydrogen) atoms. The quantitative estimate of drug-likeness (QED) is 0.523. The summed E-state index contributed by atoms with van der Waals surface area (Å²) >= 11 is 0. The molecule has 2 N–H and O–H groups in total. The van der Waals surface area contributed by atoms with E-state index >= 15 is 0 Å². The molecule has 1 heterocycles. The van der Waals surface area contributed by atoms with Gasteiger partial charge in [0, 0.05) is 19.1 Å². The van der Waals surface area contributed by atoms with Crippen molar-refractivity contribution in [3.63, 3.8) is 0 Å². The van der Waals surface area contributed by atoms with Gasteiger partial charge in [-0.25, -0.2) is 0 Å². The number of carbonyl (C=O) groups is 1. The summed E-state index contributed by atoms with van der Waals surface area (Å²) < 4.78 is 4.56. The molecule has 0 amide bonds. The summed E-state index contributed by atoms with van der Waals surface area (Å²) in [4.78, 5) is 10.9. The van der Waals surface area contributed by atoms with E-state index < -0.39 is 0 Å². The van der Waals surface area contributed by atoms with Gasteiger partial charge in [-0.1, -0.05) is 0 Å². The highest BCUT2D eigenvalue weighted by Crippen LogP contribution is 1.94. The van der Waals surface area contributed by atoms with Crippen molar-refractivity contribution in [2.75, 3.05) is 20.2 Å². The Morgan fingerprint density at radius 3 is 2.73 bits per heavy atom. The molecule has 1 aliphatic heterocycles. The van der Waals surface area contributed by atoms with Crippen LogP contribution in [0.25, 0.3) is 0 Å². The fourth-order valence-electron chi connectivity index (χ4n) is 1.00. The zero-order valence-electron chi connectivity index (χ0n) is 6.89. The van der Waals surface area contributed by atoms with Crippen molar-refractivity contribution in [3.05, 3.63) is 0 Å². The first-order chi connectivity index (χ1) is 5.24. The molecule has 0 saturated carbocycles. The number of rotatable bonds is 3. The van der Waals surface area contributed by atoms with Crippen LogP contribution in [0, 0.1) is 0 Å². The average molecular weight is 158 g/mol. The van der Waals surface area contributed by atoms with Crippen molar-refractivity contribution in [1.29, 1.82) is 0 Å². The number of nitrogens with one attached hydrogen (secondary N) is 2. The zero-order valence-corrected chi connectivity index (χ0v) is 6.89. The second-order valence-electron chi connectivity index (χ2n) is 2.77. The summed E-state index contributed by atoms with van der Waals surface area (Å²) in [5.41, 5.74) is 0. The molecule has 4 nitrogen and oxygen atoms in total. The second kappa shape index (κ2) is 3.69. The SMILES string of the molecule is COC(=O)[C@H](C)NC1CNC1. The van der Waals surface area contributed by atoms with Gasteiger partial charge < -0.3 is 10.1 Å². The molecule has 0 bridgehead atoms. The summed E-state index contributed by atoms with van der Waals surface area (Å²) in [5, 5.41) is 6.24. The molecule has 0 aromatic rings. The van der Waals surface area contributed by atoms with Gasteiger partial charge in [-0.15, -0.1) is 0 Å². The lowest BCUT2D eigenvalue weighted by Crippen LogP contribution is -2.58. The van der Waals surface area contributed by atoms with Crippen molar-refractivity contribution >= 4 is 5.97 Å². The highest BCUT2D eigenvalue weighted by molar-refractivity contribution is 5.75. The largest absolute Gasteiger partial charge is 0.468 e. The van der Waals surface area contributed by atoms with E-state index in [2.05, 4.69) is 15.4 Å². The van der Waals surface area contributed by atoms with Crippen LogP contribution in [0.4, 0.5) is 0 Å². The number of carbonyl (C=O) groups excluding carboxylic acids is 1. The van der Waals surface area contributed by atoms with Crippen LogP contribution in [0.2, 0.25) is 0 Å². The summed E-state index contributed by atoms with van der Waals surface area (Å²) in [5.74, 6) is -0.197. The summed E-state index contributed by atoms with van der Waals surface area (Å²) in [6, 6.07) is 0.246. The molecule has 0 aromatic carbocycles. The molecular weight excluding hydrogens is 144 g/mol. The van der Waals surface area contributed by atoms with Crippen LogP contribution in [-0.2, 0) is 9.53 Å². The van der Waals surface area contributed by atoms with Gasteiger partial charge in [0.05, 0.1) is 7.11 Å². The number of hydrogen-bond acceptors (Lipinski definition) is 4. The standard InChI is InChI=1S/C7H14N2O2/c1-5(7(10)11-2)9-6-3-8-4-6/h5-6,8-9H,3-4H2,1-2H3/t5-/m0/s1. The first-order valence-electron chi connectivity index (χ1n) is 3.78. The minimum Gasteiger partial charge on any atom is -0.468 e. The first kappa shape index (κ1) is 8.49. The molecule has 1 atom stereocenters. The number of ether oxygens (including phenoxy) is 1. The van der Waals surface area contributed by atoms with E-state index in [1.165, 1.54) is 7.11 Å². The molecule has 1 fully saturated rings. The van der Waals surface area contributed by atoms with Crippen LogP contribution in [0.3, 0.4) is 0 Å². The maximum absolute atomic E-state index is 10.9. The second-order valence-corrected chi connectivity index (χ2v) is 2.77. The monoisotopic (exact) mass is 158 g/mol. The Kier molecular flexibility index (Phi) is 2.84. The Balaban J connectivity index is 2.18. The van der Waals surface area contributed by atoms with Crippen molar-refractivity contribution in [2.45, 2.75) is 19.0 Å². The third kappa shape index (κ3) is 2.17. The molecular formula is C7H14N2O2. The van der Waals surface area contributed by atoms with Crippen LogP contribution in [0.5, 0.6) is 0 Å². The van der Waals surface area contributed by atoms with E-state index in [1.54, 1.807) is 0 Å². The minimum atomic E-state index is -0.197. The van der Waals surface area contributed by atoms with Crippen molar-refractivity contribution < 1.29 is 9.53 Å². The van der Waals surface area contributed by atoms with E-state index in [0.29, 0.717) is 6.04 Å². The van der Waals surface area contributed by atoms with E-state index in [1.807, 2.05) is 6.92 Å². The Bertz CT molecular complexity index is 145. The minimum absolute atomic E-state index is 0.188. The maximum Gasteiger partial charge on any atom is 0.322 e. The van der Waals surface area contributed by atoms with Gasteiger partial charge in [0.2, 0.25) is 0 Å². The van der Waals surface area contributed by atoms with Crippen molar-refractivity contribution in [1.82, 2.24) is 10.6 Å². The van der Waals surface area contributed by atoms with Crippen molar-refractivity contribution in [2.24, 2.45) is 0 Å². The smallest absolute Gasteiger partial charge is 0.322 e. The lowest BCUT2D eigenvalue weighted by atomic mass is 10.1. The summed E-state index contributed by atoms with van der Waals surface area (Å²) in [6.07, 6.45) is 0. The van der Waals surface area contributed by atoms with Gasteiger partial charge >= 0.3 is 5.97 Å². The highest BCUT2D eigenvalue weighted by Gasteiger charge is 2.21. The highest BCUT2D eigenvalue weighted by atomic mass is 16.5. The normalized spacial score (nSPS) is 20.5. The predicted molar refractivity (Wildman–Crippen MR) is 41.3 cm³/mol. The molecule has 1 rings (SSSR count). The molecule has 1 aliphatic rings. The van der Waals surface area contributed by atoms with Gasteiger partial charge in [-0.05, 0) is 6.92 Å². The molecule has 4 heteroatoms. The van der Waals surface area contributed by atoms with Crippen LogP contribution >= 0.6 is 0 Å². The summed E-state index contributed by atoms with van der Waals surface area (Å²) in [7, 11) is 1.40. The topological polar surface area (TPSA) is 50.4 Å². The Morgan fingerprint density at radius 1 is 1.73 bits per heavy atom. The fraction of sp³-hybridized carbons (Fsp3) is 0.857. The van der Waals surface area contributed by atoms with E-state index in [4.69, 9.17) is 0 Å². The van der Waals surface area contributed by atoms with Gasteiger partial charge in [-0.3, -0.25) is 10.1 Å². The fourth-order valence-corrected chi connectivity index (χ4v) is 1.00. The molecule has 0 aromatic heterocycles. The van der Waals surface area contributed by atoms with Gasteiger partial charge in [0.1, 0.15) is 6.04 Å². The third-order valence-electron chi connectivity index (χ3n) is 1.82. The van der Waals surface area contributed by atoms with E-state index in [9.17, 15) is 4.79 Å². The first-order valence-corrected chi connectivity index (χ1v) is 3.78. The Hall–Kier alpha value is -0.610. The van der Waals surface area contributed by atoms with E-state index in [-0.39, 0.29) is 12.0 Å². The number of esters is 1. The van der Waals surface area contributed by atoms with Crippen LogP contribution in [0.1, 0.15) is 6.92 Å². The third-order valence-corrected chi connectivity index (χ3v) is 1.82. The molecule has 0 spiro atoms. The Labute approximate surface area is 66.3 Å². The summed E-state index contributed by atoms with van der Waals surface area (Å²) in [6.45, 7) is 3.70. The van der Waals surface area contributed by atoms with Gasteiger partial charge in [0.15, 0.2) is 0 Å². The van der Waals surface area contributed by atoms with Gasteiger partial charge in [0.25, 0.3) is 0 Å². The van der Waals surface area contributed by atoms with Crippen LogP contribution < -0.4 is 10.6 Å². The molecule has 0 aliphatic carbocycles. The number of hydrogen-bond donors (Lipinski definition) is 2. The number of methoxy groups -OCH3 is 1. The molecule has 0 radical (unpaired) electrons. The molecule has 64 valence electrons. The molecule has 1 saturated heterocycles. The van der Waals surface area contributed by atoms with E-state index in [0.717, 1.165) is 13.1 Å². The van der Waals surface area contributed by atoms with Gasteiger partial charge in [-0.2, -0.15) is 0 Å². The van der Waals surface area contributed by atoms with Crippen LogP contribution in [-0.4, -0.2) is 38.3 Å². The lowest BCUT2D eigenvalue weighted by Gasteiger charge is -2.30. The average Bonchev–Trinajstić information content (AvgIpc) is 1.94. The maximum atomic E-state index is 10.9. The zero-order chi connectivity index (χ0) is 8.27.